The first-order valence-corrected chi connectivity index (χ1v) is 2.94. The smallest absolute Gasteiger partial charge is 0.351 e. The molecule has 0 aliphatic heterocycles. The lowest BCUT2D eigenvalue weighted by atomic mass is 10.4. The minimum Gasteiger partial charge on any atom is -0.459 e. The molecule has 0 aliphatic rings. The van der Waals surface area contributed by atoms with E-state index in [1.54, 1.807) is 0 Å². The Morgan fingerprint density at radius 2 is 2.36 bits per heavy atom. The first-order chi connectivity index (χ1) is 5.18. The van der Waals surface area contributed by atoms with Gasteiger partial charge in [0.25, 0.3) is 0 Å². The number of isocyanates is 1. The zero-order valence-electron chi connectivity index (χ0n) is 6.09. The van der Waals surface area contributed by atoms with E-state index in [2.05, 4.69) is 9.73 Å². The van der Waals surface area contributed by atoms with Gasteiger partial charge in [0.2, 0.25) is 6.08 Å². The van der Waals surface area contributed by atoms with Crippen molar-refractivity contribution in [2.75, 3.05) is 13.2 Å². The SMILES string of the molecule is CC(=N)C(=O)OCCN=C=O. The molecule has 0 aromatic rings. The Hall–Kier alpha value is -1.48. The van der Waals surface area contributed by atoms with E-state index >= 15 is 0 Å². The Balaban J connectivity index is 3.47. The van der Waals surface area contributed by atoms with Crippen LogP contribution in [-0.2, 0) is 14.3 Å². The molecule has 0 heterocycles. The molecule has 5 heteroatoms. The molecule has 0 aliphatic carbocycles. The summed E-state index contributed by atoms with van der Waals surface area (Å²) in [6.07, 6.45) is 1.30. The number of carbonyl (C=O) groups is 1. The largest absolute Gasteiger partial charge is 0.459 e. The molecule has 0 spiro atoms. The molecule has 0 bridgehead atoms. The van der Waals surface area contributed by atoms with Gasteiger partial charge >= 0.3 is 5.97 Å². The van der Waals surface area contributed by atoms with Crippen LogP contribution in [-0.4, -0.2) is 30.9 Å². The Kier molecular flexibility index (Phi) is 4.60. The monoisotopic (exact) mass is 156 g/mol. The Morgan fingerprint density at radius 3 is 2.82 bits per heavy atom. The topological polar surface area (TPSA) is 79.6 Å². The van der Waals surface area contributed by atoms with Crippen LogP contribution in [0, 0.1) is 5.41 Å². The standard InChI is InChI=1S/C6H8N2O3/c1-5(7)6(10)11-3-2-8-4-9/h7H,2-3H2,1H3. The van der Waals surface area contributed by atoms with Gasteiger partial charge in [-0.2, -0.15) is 0 Å². The second-order valence-corrected chi connectivity index (χ2v) is 1.73. The number of nitrogens with zero attached hydrogens (tertiary/aromatic N) is 1. The van der Waals surface area contributed by atoms with Gasteiger partial charge in [-0.1, -0.05) is 0 Å². The second-order valence-electron chi connectivity index (χ2n) is 1.73. The van der Waals surface area contributed by atoms with Crippen molar-refractivity contribution in [2.45, 2.75) is 6.92 Å². The van der Waals surface area contributed by atoms with E-state index < -0.39 is 5.97 Å². The van der Waals surface area contributed by atoms with Crippen LogP contribution in [0.4, 0.5) is 0 Å². The minimum atomic E-state index is -0.689. The Bertz CT molecular complexity index is 206. The fourth-order valence-electron chi connectivity index (χ4n) is 0.338. The molecule has 1 N–H and O–H groups in total. The van der Waals surface area contributed by atoms with E-state index in [1.807, 2.05) is 0 Å². The third kappa shape index (κ3) is 4.99. The van der Waals surface area contributed by atoms with Crippen molar-refractivity contribution < 1.29 is 14.3 Å². The van der Waals surface area contributed by atoms with Crippen molar-refractivity contribution in [3.8, 4) is 0 Å². The van der Waals surface area contributed by atoms with Crippen molar-refractivity contribution >= 4 is 17.8 Å². The summed E-state index contributed by atoms with van der Waals surface area (Å²) in [5, 5.41) is 6.80. The zero-order chi connectivity index (χ0) is 8.69. The minimum absolute atomic E-state index is 0.0181. The maximum absolute atomic E-state index is 10.5. The number of esters is 1. The molecule has 0 fully saturated rings. The summed E-state index contributed by atoms with van der Waals surface area (Å²) >= 11 is 0. The quantitative estimate of drug-likeness (QED) is 0.267. The molecule has 0 saturated carbocycles. The number of nitrogens with one attached hydrogen (secondary N) is 1. The fourth-order valence-corrected chi connectivity index (χ4v) is 0.338. The lowest BCUT2D eigenvalue weighted by Gasteiger charge is -1.98. The lowest BCUT2D eigenvalue weighted by Crippen LogP contribution is -2.14. The predicted octanol–water partition coefficient (Wildman–Crippen LogP) is -0.0949. The van der Waals surface area contributed by atoms with Crippen LogP contribution in [0.2, 0.25) is 0 Å². The molecule has 0 aromatic carbocycles. The predicted molar refractivity (Wildman–Crippen MR) is 37.3 cm³/mol. The molecule has 0 aromatic heterocycles. The van der Waals surface area contributed by atoms with Gasteiger partial charge in [0, 0.05) is 0 Å². The molecular weight excluding hydrogens is 148 g/mol. The molecule has 0 saturated heterocycles. The second kappa shape index (κ2) is 5.32. The summed E-state index contributed by atoms with van der Waals surface area (Å²) in [4.78, 5) is 23.2. The fraction of sp³-hybridized carbons (Fsp3) is 0.500. The van der Waals surface area contributed by atoms with Crippen LogP contribution < -0.4 is 0 Å². The number of hydrogen-bond donors (Lipinski definition) is 1. The maximum atomic E-state index is 10.5. The van der Waals surface area contributed by atoms with Gasteiger partial charge in [-0.05, 0) is 6.92 Å². The van der Waals surface area contributed by atoms with E-state index in [0.29, 0.717) is 0 Å². The van der Waals surface area contributed by atoms with E-state index in [0.717, 1.165) is 0 Å². The summed E-state index contributed by atoms with van der Waals surface area (Å²) < 4.78 is 4.47. The van der Waals surface area contributed by atoms with Crippen molar-refractivity contribution in [3.63, 3.8) is 0 Å². The number of aliphatic imine (C=N–C) groups is 1. The third-order valence-corrected chi connectivity index (χ3v) is 0.807. The highest BCUT2D eigenvalue weighted by Gasteiger charge is 2.02. The summed E-state index contributed by atoms with van der Waals surface area (Å²) in [7, 11) is 0. The van der Waals surface area contributed by atoms with E-state index in [1.165, 1.54) is 13.0 Å². The van der Waals surface area contributed by atoms with Gasteiger partial charge < -0.3 is 4.74 Å². The van der Waals surface area contributed by atoms with Crippen LogP contribution in [0.3, 0.4) is 0 Å². The van der Waals surface area contributed by atoms with Crippen molar-refractivity contribution in [2.24, 2.45) is 4.99 Å². The van der Waals surface area contributed by atoms with Crippen molar-refractivity contribution in [1.29, 1.82) is 5.41 Å². The summed E-state index contributed by atoms with van der Waals surface area (Å²) in [5.41, 5.74) is -0.167. The van der Waals surface area contributed by atoms with Gasteiger partial charge in [-0.25, -0.2) is 14.6 Å². The maximum Gasteiger partial charge on any atom is 0.351 e. The van der Waals surface area contributed by atoms with Crippen LogP contribution in [0.1, 0.15) is 6.92 Å². The Morgan fingerprint density at radius 1 is 1.73 bits per heavy atom. The van der Waals surface area contributed by atoms with E-state index in [9.17, 15) is 9.59 Å². The molecule has 0 amide bonds. The van der Waals surface area contributed by atoms with Gasteiger partial charge in [0.05, 0.1) is 6.54 Å². The highest BCUT2D eigenvalue weighted by Crippen LogP contribution is 1.80. The first-order valence-electron chi connectivity index (χ1n) is 2.94. The zero-order valence-corrected chi connectivity index (χ0v) is 6.09. The molecule has 0 rings (SSSR count). The normalized spacial score (nSPS) is 8.09. The van der Waals surface area contributed by atoms with Gasteiger partial charge in [-0.3, -0.25) is 5.41 Å². The number of hydrogen-bond acceptors (Lipinski definition) is 5. The van der Waals surface area contributed by atoms with Gasteiger partial charge in [0.15, 0.2) is 0 Å². The van der Waals surface area contributed by atoms with Crippen molar-refractivity contribution in [1.82, 2.24) is 0 Å². The molecule has 5 nitrogen and oxygen atoms in total. The first kappa shape index (κ1) is 9.52. The van der Waals surface area contributed by atoms with E-state index in [-0.39, 0.29) is 18.9 Å². The number of ether oxygens (including phenoxy) is 1. The summed E-state index contributed by atoms with van der Waals surface area (Å²) in [5.74, 6) is -0.689. The molecule has 0 radical (unpaired) electrons. The highest BCUT2D eigenvalue weighted by atomic mass is 16.5. The van der Waals surface area contributed by atoms with Crippen LogP contribution >= 0.6 is 0 Å². The molecule has 0 atom stereocenters. The van der Waals surface area contributed by atoms with Crippen LogP contribution in [0.15, 0.2) is 4.99 Å². The number of carbonyl (C=O) groups excluding carboxylic acids is 2. The molecule has 0 unspecified atom stereocenters. The van der Waals surface area contributed by atoms with Crippen molar-refractivity contribution in [3.05, 3.63) is 0 Å². The Labute approximate surface area is 63.6 Å². The van der Waals surface area contributed by atoms with Crippen LogP contribution in [0.25, 0.3) is 0 Å². The highest BCUT2D eigenvalue weighted by molar-refractivity contribution is 6.33. The average molecular weight is 156 g/mol. The van der Waals surface area contributed by atoms with Gasteiger partial charge in [0.1, 0.15) is 12.3 Å². The summed E-state index contributed by atoms with van der Waals surface area (Å²) in [6.45, 7) is 1.44. The molecular formula is C6H8N2O3. The number of rotatable bonds is 4. The molecule has 60 valence electrons. The van der Waals surface area contributed by atoms with Gasteiger partial charge in [-0.15, -0.1) is 0 Å². The van der Waals surface area contributed by atoms with E-state index in [4.69, 9.17) is 5.41 Å². The summed E-state index contributed by atoms with van der Waals surface area (Å²) in [6, 6.07) is 0. The van der Waals surface area contributed by atoms with Crippen LogP contribution in [0.5, 0.6) is 0 Å². The third-order valence-electron chi connectivity index (χ3n) is 0.807. The lowest BCUT2D eigenvalue weighted by molar-refractivity contribution is -0.135. The average Bonchev–Trinajstić information content (AvgIpc) is 1.97. The molecule has 11 heavy (non-hydrogen) atoms.